The van der Waals surface area contributed by atoms with Crippen molar-refractivity contribution in [3.05, 3.63) is 33.9 Å². The van der Waals surface area contributed by atoms with Crippen molar-refractivity contribution < 1.29 is 13.3 Å². The first-order valence-corrected chi connectivity index (χ1v) is 7.91. The quantitative estimate of drug-likeness (QED) is 0.368. The van der Waals surface area contributed by atoms with E-state index in [0.29, 0.717) is 11.8 Å². The van der Waals surface area contributed by atoms with Gasteiger partial charge in [0.15, 0.2) is 9.84 Å². The van der Waals surface area contributed by atoms with Crippen LogP contribution in [0.15, 0.2) is 23.1 Å². The first-order valence-electron chi connectivity index (χ1n) is 4.89. The largest absolute Gasteiger partial charge is 0.286 e. The number of nitro benzene ring substituents is 1. The Labute approximate surface area is 113 Å². The Morgan fingerprint density at radius 2 is 2.11 bits per heavy atom. The van der Waals surface area contributed by atoms with Gasteiger partial charge in [-0.2, -0.15) is 0 Å². The van der Waals surface area contributed by atoms with Crippen molar-refractivity contribution in [1.29, 1.82) is 0 Å². The van der Waals surface area contributed by atoms with E-state index in [2.05, 4.69) is 27.8 Å². The molecular weight excluding hydrogens is 322 g/mol. The highest BCUT2D eigenvalue weighted by Gasteiger charge is 2.17. The average Bonchev–Trinajstić information content (AvgIpc) is 2.28. The van der Waals surface area contributed by atoms with Gasteiger partial charge in [-0.1, -0.05) is 27.8 Å². The second kappa shape index (κ2) is 5.98. The van der Waals surface area contributed by atoms with Gasteiger partial charge in [0.1, 0.15) is 5.56 Å². The molecule has 1 aromatic carbocycles. The monoisotopic (exact) mass is 331 g/mol. The molecule has 0 aliphatic rings. The molecule has 1 aromatic rings. The maximum absolute atomic E-state index is 11.3. The van der Waals surface area contributed by atoms with Crippen LogP contribution in [-0.4, -0.2) is 24.9 Å². The second-order valence-electron chi connectivity index (χ2n) is 3.45. The van der Waals surface area contributed by atoms with Crippen LogP contribution in [0.2, 0.25) is 0 Å². The smallest absolute Gasteiger partial charge is 0.258 e. The normalized spacial score (nSPS) is 10.6. The SMILES string of the molecule is CS(=O)(=O)c1ccc(C#CCCBr)c([N+](=O)[O-])c1. The summed E-state index contributed by atoms with van der Waals surface area (Å²) in [6, 6.07) is 3.71. The lowest BCUT2D eigenvalue weighted by Gasteiger charge is -2.00. The summed E-state index contributed by atoms with van der Waals surface area (Å²) >= 11 is 3.19. The van der Waals surface area contributed by atoms with Crippen LogP contribution in [0.4, 0.5) is 5.69 Å². The van der Waals surface area contributed by atoms with Gasteiger partial charge in [-0.15, -0.1) is 0 Å². The van der Waals surface area contributed by atoms with Crippen molar-refractivity contribution in [3.63, 3.8) is 0 Å². The minimum absolute atomic E-state index is 0.0831. The Hall–Kier alpha value is -1.39. The Balaban J connectivity index is 3.31. The number of alkyl halides is 1. The van der Waals surface area contributed by atoms with Crippen molar-refractivity contribution in [2.24, 2.45) is 0 Å². The van der Waals surface area contributed by atoms with E-state index in [0.717, 1.165) is 12.3 Å². The molecule has 0 N–H and O–H groups in total. The molecule has 5 nitrogen and oxygen atoms in total. The van der Waals surface area contributed by atoms with Crippen LogP contribution in [0, 0.1) is 22.0 Å². The fraction of sp³-hybridized carbons (Fsp3) is 0.273. The molecule has 0 atom stereocenters. The first-order chi connectivity index (χ1) is 8.36. The molecule has 0 fully saturated rings. The van der Waals surface area contributed by atoms with Crippen LogP contribution < -0.4 is 0 Å². The van der Waals surface area contributed by atoms with Crippen LogP contribution >= 0.6 is 15.9 Å². The number of nitrogens with zero attached hydrogens (tertiary/aromatic N) is 1. The van der Waals surface area contributed by atoms with Crippen LogP contribution in [0.1, 0.15) is 12.0 Å². The molecule has 0 radical (unpaired) electrons. The minimum atomic E-state index is -3.46. The third kappa shape index (κ3) is 3.82. The van der Waals surface area contributed by atoms with Gasteiger partial charge in [0.25, 0.3) is 5.69 Å². The molecule has 18 heavy (non-hydrogen) atoms. The molecule has 0 saturated heterocycles. The van der Waals surface area contributed by atoms with Gasteiger partial charge in [-0.3, -0.25) is 10.1 Å². The van der Waals surface area contributed by atoms with Crippen molar-refractivity contribution >= 4 is 31.5 Å². The maximum atomic E-state index is 11.3. The molecule has 0 saturated carbocycles. The summed E-state index contributed by atoms with van der Waals surface area (Å²) in [5, 5.41) is 11.5. The summed E-state index contributed by atoms with van der Waals surface area (Å²) in [6.45, 7) is 0. The highest BCUT2D eigenvalue weighted by Crippen LogP contribution is 2.22. The standard InChI is InChI=1S/C11H10BrNO4S/c1-18(16,17)10-6-5-9(4-2-3-7-12)11(8-10)13(14)15/h5-6,8H,3,7H2,1H3. The predicted molar refractivity (Wildman–Crippen MR) is 71.5 cm³/mol. The second-order valence-corrected chi connectivity index (χ2v) is 6.26. The number of hydrogen-bond donors (Lipinski definition) is 0. The highest BCUT2D eigenvalue weighted by atomic mass is 79.9. The number of hydrogen-bond acceptors (Lipinski definition) is 4. The molecule has 7 heteroatoms. The van der Waals surface area contributed by atoms with Crippen LogP contribution in [0.3, 0.4) is 0 Å². The van der Waals surface area contributed by atoms with E-state index in [4.69, 9.17) is 0 Å². The van der Waals surface area contributed by atoms with E-state index in [9.17, 15) is 18.5 Å². The zero-order valence-electron chi connectivity index (χ0n) is 9.51. The topological polar surface area (TPSA) is 77.3 Å². The third-order valence-electron chi connectivity index (χ3n) is 2.04. The summed E-state index contributed by atoms with van der Waals surface area (Å²) in [4.78, 5) is 10.2. The average molecular weight is 332 g/mol. The first kappa shape index (κ1) is 14.7. The number of sulfone groups is 1. The van der Waals surface area contributed by atoms with E-state index in [-0.39, 0.29) is 16.1 Å². The molecule has 0 unspecified atom stereocenters. The lowest BCUT2D eigenvalue weighted by molar-refractivity contribution is -0.385. The van der Waals surface area contributed by atoms with E-state index < -0.39 is 14.8 Å². The third-order valence-corrected chi connectivity index (χ3v) is 3.54. The molecule has 0 aliphatic carbocycles. The van der Waals surface area contributed by atoms with Crippen molar-refractivity contribution in [2.75, 3.05) is 11.6 Å². The fourth-order valence-electron chi connectivity index (χ4n) is 1.20. The molecule has 0 heterocycles. The molecule has 0 aromatic heterocycles. The van der Waals surface area contributed by atoms with Gasteiger partial charge in [0.2, 0.25) is 0 Å². The van der Waals surface area contributed by atoms with E-state index >= 15 is 0 Å². The van der Waals surface area contributed by atoms with Gasteiger partial charge in [-0.25, -0.2) is 8.42 Å². The summed E-state index contributed by atoms with van der Waals surface area (Å²) < 4.78 is 22.6. The van der Waals surface area contributed by atoms with E-state index in [1.807, 2.05) is 0 Å². The fourth-order valence-corrected chi connectivity index (χ4v) is 2.04. The van der Waals surface area contributed by atoms with Crippen molar-refractivity contribution in [3.8, 4) is 11.8 Å². The molecule has 0 amide bonds. The molecule has 1 rings (SSSR count). The lowest BCUT2D eigenvalue weighted by Crippen LogP contribution is -2.00. The summed E-state index contributed by atoms with van der Waals surface area (Å²) in [7, 11) is -3.46. The van der Waals surface area contributed by atoms with Gasteiger partial charge in [0.05, 0.1) is 9.82 Å². The number of halogens is 1. The van der Waals surface area contributed by atoms with E-state index in [1.54, 1.807) is 0 Å². The van der Waals surface area contributed by atoms with Crippen LogP contribution in [0.5, 0.6) is 0 Å². The van der Waals surface area contributed by atoms with E-state index in [1.165, 1.54) is 12.1 Å². The molecule has 0 bridgehead atoms. The Kier molecular flexibility index (Phi) is 4.87. The van der Waals surface area contributed by atoms with Crippen LogP contribution in [0.25, 0.3) is 0 Å². The number of rotatable bonds is 3. The highest BCUT2D eigenvalue weighted by molar-refractivity contribution is 9.09. The Morgan fingerprint density at radius 1 is 1.44 bits per heavy atom. The zero-order valence-corrected chi connectivity index (χ0v) is 11.9. The summed E-state index contributed by atoms with van der Waals surface area (Å²) in [6.07, 6.45) is 1.56. The minimum Gasteiger partial charge on any atom is -0.258 e. The summed E-state index contributed by atoms with van der Waals surface area (Å²) in [5.41, 5.74) is -0.0756. The van der Waals surface area contributed by atoms with Gasteiger partial charge in [-0.05, 0) is 12.1 Å². The van der Waals surface area contributed by atoms with Gasteiger partial charge >= 0.3 is 0 Å². The lowest BCUT2D eigenvalue weighted by atomic mass is 10.2. The summed E-state index contributed by atoms with van der Waals surface area (Å²) in [5.74, 6) is 5.41. The molecule has 0 aliphatic heterocycles. The predicted octanol–water partition coefficient (Wildman–Crippen LogP) is 2.13. The van der Waals surface area contributed by atoms with Gasteiger partial charge < -0.3 is 0 Å². The van der Waals surface area contributed by atoms with Crippen LogP contribution in [-0.2, 0) is 9.84 Å². The van der Waals surface area contributed by atoms with Crippen molar-refractivity contribution in [2.45, 2.75) is 11.3 Å². The maximum Gasteiger partial charge on any atom is 0.286 e. The molecular formula is C11H10BrNO4S. The van der Waals surface area contributed by atoms with Crippen molar-refractivity contribution in [1.82, 2.24) is 0 Å². The number of nitro groups is 1. The Morgan fingerprint density at radius 3 is 2.61 bits per heavy atom. The Bertz CT molecular complexity index is 628. The molecule has 0 spiro atoms. The molecule has 96 valence electrons. The van der Waals surface area contributed by atoms with Gasteiger partial charge in [0, 0.05) is 24.1 Å². The number of benzene rings is 1. The zero-order chi connectivity index (χ0) is 13.8.